The van der Waals surface area contributed by atoms with Crippen molar-refractivity contribution in [2.24, 2.45) is 11.7 Å². The third-order valence-electron chi connectivity index (χ3n) is 6.08. The molecule has 3 amide bonds. The van der Waals surface area contributed by atoms with E-state index in [1.165, 1.54) is 19.4 Å². The Bertz CT molecular complexity index is 1250. The molecule has 12 nitrogen and oxygen atoms in total. The summed E-state index contributed by atoms with van der Waals surface area (Å²) in [6, 6.07) is 3.35. The lowest BCUT2D eigenvalue weighted by molar-refractivity contribution is -0.142. The van der Waals surface area contributed by atoms with Crippen LogP contribution >= 0.6 is 0 Å². The van der Waals surface area contributed by atoms with Crippen LogP contribution in [0.2, 0.25) is 0 Å². The summed E-state index contributed by atoms with van der Waals surface area (Å²) < 4.78 is 0. The highest BCUT2D eigenvalue weighted by molar-refractivity contribution is 5.94. The van der Waals surface area contributed by atoms with Gasteiger partial charge in [-0.15, -0.1) is 0 Å². The van der Waals surface area contributed by atoms with Gasteiger partial charge in [0.1, 0.15) is 18.1 Å². The number of aromatic nitrogens is 3. The number of carbonyl (C=O) groups excluding carboxylic acids is 3. The van der Waals surface area contributed by atoms with E-state index in [4.69, 9.17) is 5.73 Å². The van der Waals surface area contributed by atoms with Crippen LogP contribution in [0.3, 0.4) is 0 Å². The van der Waals surface area contributed by atoms with Crippen LogP contribution in [-0.4, -0.2) is 67.9 Å². The molecule has 4 unspecified atom stereocenters. The normalized spacial score (nSPS) is 14.4. The number of carboxylic acids is 1. The molecule has 0 aliphatic heterocycles. The Labute approximate surface area is 220 Å². The molecule has 0 aliphatic rings. The Balaban J connectivity index is 1.79. The highest BCUT2D eigenvalue weighted by atomic mass is 16.4. The summed E-state index contributed by atoms with van der Waals surface area (Å²) in [6.45, 7) is 5.30. The van der Waals surface area contributed by atoms with Gasteiger partial charge in [0.25, 0.3) is 0 Å². The minimum atomic E-state index is -1.24. The van der Waals surface area contributed by atoms with Gasteiger partial charge in [-0.3, -0.25) is 14.4 Å². The number of imidazole rings is 1. The number of hydrogen-bond acceptors (Lipinski definition) is 6. The van der Waals surface area contributed by atoms with Crippen LogP contribution in [-0.2, 0) is 32.0 Å². The van der Waals surface area contributed by atoms with Gasteiger partial charge in [-0.2, -0.15) is 0 Å². The smallest absolute Gasteiger partial charge is 0.326 e. The molecule has 12 heteroatoms. The van der Waals surface area contributed by atoms with Crippen molar-refractivity contribution >= 4 is 34.6 Å². The van der Waals surface area contributed by atoms with Crippen molar-refractivity contribution in [2.75, 3.05) is 0 Å². The first-order valence-corrected chi connectivity index (χ1v) is 12.5. The molecule has 8 N–H and O–H groups in total. The number of nitrogens with zero attached hydrogens (tertiary/aromatic N) is 1. The topological polar surface area (TPSA) is 195 Å². The fourth-order valence-corrected chi connectivity index (χ4v) is 4.10. The van der Waals surface area contributed by atoms with Gasteiger partial charge in [-0.05, 0) is 30.9 Å². The summed E-state index contributed by atoms with van der Waals surface area (Å²) in [5.74, 6) is -2.90. The van der Waals surface area contributed by atoms with E-state index in [2.05, 4.69) is 30.9 Å². The lowest BCUT2D eigenvalue weighted by atomic mass is 10.0. The van der Waals surface area contributed by atoms with Crippen LogP contribution < -0.4 is 21.7 Å². The zero-order valence-electron chi connectivity index (χ0n) is 21.7. The molecule has 0 radical (unpaired) electrons. The van der Waals surface area contributed by atoms with Gasteiger partial charge in [0.05, 0.1) is 12.4 Å². The van der Waals surface area contributed by atoms with Gasteiger partial charge in [0.15, 0.2) is 0 Å². The molecule has 0 saturated carbocycles. The Morgan fingerprint density at radius 1 is 0.921 bits per heavy atom. The first-order chi connectivity index (χ1) is 18.0. The van der Waals surface area contributed by atoms with Gasteiger partial charge >= 0.3 is 5.97 Å². The van der Waals surface area contributed by atoms with Crippen molar-refractivity contribution in [3.63, 3.8) is 0 Å². The summed E-state index contributed by atoms with van der Waals surface area (Å²) >= 11 is 0. The summed E-state index contributed by atoms with van der Waals surface area (Å²) in [5.41, 5.74) is 7.80. The molecule has 38 heavy (non-hydrogen) atoms. The fraction of sp³-hybridized carbons (Fsp3) is 0.423. The monoisotopic (exact) mass is 525 g/mol. The Kier molecular flexibility index (Phi) is 9.61. The van der Waals surface area contributed by atoms with E-state index >= 15 is 0 Å². The second-order valence-electron chi connectivity index (χ2n) is 9.78. The molecule has 0 bridgehead atoms. The maximum atomic E-state index is 13.3. The molecule has 3 rings (SSSR count). The molecule has 2 aromatic heterocycles. The number of para-hydroxylation sites is 1. The molecule has 204 valence electrons. The molecular formula is C26H35N7O5. The van der Waals surface area contributed by atoms with Gasteiger partial charge in [-0.1, -0.05) is 32.0 Å². The first kappa shape index (κ1) is 28.4. The summed E-state index contributed by atoms with van der Waals surface area (Å²) in [7, 11) is 0. The molecule has 0 saturated heterocycles. The van der Waals surface area contributed by atoms with E-state index in [1.807, 2.05) is 38.1 Å². The average Bonchev–Trinajstić information content (AvgIpc) is 3.52. The van der Waals surface area contributed by atoms with Crippen molar-refractivity contribution in [1.82, 2.24) is 30.9 Å². The number of H-pyrrole nitrogens is 2. The number of benzene rings is 1. The Morgan fingerprint density at radius 3 is 2.21 bits per heavy atom. The van der Waals surface area contributed by atoms with Crippen molar-refractivity contribution < 1.29 is 24.3 Å². The fourth-order valence-electron chi connectivity index (χ4n) is 4.10. The number of aliphatic carboxylic acids is 1. The maximum Gasteiger partial charge on any atom is 0.326 e. The molecule has 3 aromatic rings. The summed E-state index contributed by atoms with van der Waals surface area (Å²) in [5, 5.41) is 18.6. The zero-order valence-corrected chi connectivity index (χ0v) is 21.7. The number of carbonyl (C=O) groups is 4. The molecule has 0 fully saturated rings. The van der Waals surface area contributed by atoms with E-state index in [1.54, 1.807) is 6.20 Å². The number of rotatable bonds is 13. The average molecular weight is 526 g/mol. The van der Waals surface area contributed by atoms with E-state index in [9.17, 15) is 24.3 Å². The highest BCUT2D eigenvalue weighted by Gasteiger charge is 2.31. The van der Waals surface area contributed by atoms with Crippen LogP contribution in [0, 0.1) is 5.92 Å². The molecule has 1 aromatic carbocycles. The van der Waals surface area contributed by atoms with E-state index < -0.39 is 47.9 Å². The number of carboxylic acid groups (broad SMARTS) is 1. The quantitative estimate of drug-likeness (QED) is 0.170. The molecular weight excluding hydrogens is 490 g/mol. The third kappa shape index (κ3) is 7.65. The van der Waals surface area contributed by atoms with E-state index in [0.29, 0.717) is 12.1 Å². The van der Waals surface area contributed by atoms with E-state index in [0.717, 1.165) is 16.5 Å². The number of hydrogen-bond donors (Lipinski definition) is 7. The number of nitrogens with two attached hydrogens (primary N) is 1. The standard InChI is InChI=1S/C26H35N7O5/c1-14(2)8-20(31-23(34)15(3)27)24(35)32-21(10-17-12-28-13-30-17)25(36)33-22(26(37)38)9-16-11-29-19-7-5-4-6-18(16)19/h4-7,11-15,20-22,29H,8-10,27H2,1-3H3,(H,28,30)(H,31,34)(H,32,35)(H,33,36)(H,37,38). The first-order valence-electron chi connectivity index (χ1n) is 12.5. The van der Waals surface area contributed by atoms with Crippen LogP contribution in [0.5, 0.6) is 0 Å². The van der Waals surface area contributed by atoms with Crippen molar-refractivity contribution in [1.29, 1.82) is 0 Å². The predicted molar refractivity (Wildman–Crippen MR) is 141 cm³/mol. The minimum Gasteiger partial charge on any atom is -0.480 e. The Morgan fingerprint density at radius 2 is 1.58 bits per heavy atom. The summed E-state index contributed by atoms with van der Waals surface area (Å²) in [6.07, 6.45) is 5.06. The van der Waals surface area contributed by atoms with Gasteiger partial charge < -0.3 is 36.8 Å². The van der Waals surface area contributed by atoms with Crippen molar-refractivity contribution in [2.45, 2.75) is 64.2 Å². The number of fused-ring (bicyclic) bond motifs is 1. The van der Waals surface area contributed by atoms with Crippen LogP contribution in [0.4, 0.5) is 0 Å². The van der Waals surface area contributed by atoms with Crippen LogP contribution in [0.25, 0.3) is 10.9 Å². The van der Waals surface area contributed by atoms with Crippen LogP contribution in [0.1, 0.15) is 38.4 Å². The summed E-state index contributed by atoms with van der Waals surface area (Å²) in [4.78, 5) is 60.8. The largest absolute Gasteiger partial charge is 0.480 e. The molecule has 4 atom stereocenters. The van der Waals surface area contributed by atoms with Gasteiger partial charge in [0.2, 0.25) is 17.7 Å². The maximum absolute atomic E-state index is 13.3. The van der Waals surface area contributed by atoms with E-state index in [-0.39, 0.29) is 18.8 Å². The number of nitrogens with one attached hydrogen (secondary N) is 5. The third-order valence-corrected chi connectivity index (χ3v) is 6.08. The lowest BCUT2D eigenvalue weighted by Gasteiger charge is -2.25. The molecule has 0 spiro atoms. The number of aromatic amines is 2. The highest BCUT2D eigenvalue weighted by Crippen LogP contribution is 2.19. The minimum absolute atomic E-state index is 0.0344. The second-order valence-corrected chi connectivity index (χ2v) is 9.78. The predicted octanol–water partition coefficient (Wildman–Crippen LogP) is 0.609. The zero-order chi connectivity index (χ0) is 27.8. The SMILES string of the molecule is CC(C)CC(NC(=O)C(C)N)C(=O)NC(Cc1cnc[nH]1)C(=O)NC(Cc1c[nH]c2ccccc12)C(=O)O. The van der Waals surface area contributed by atoms with Crippen molar-refractivity contribution in [3.8, 4) is 0 Å². The lowest BCUT2D eigenvalue weighted by Crippen LogP contribution is -2.57. The van der Waals surface area contributed by atoms with Gasteiger partial charge in [0, 0.05) is 41.8 Å². The van der Waals surface area contributed by atoms with Crippen molar-refractivity contribution in [3.05, 3.63) is 54.2 Å². The van der Waals surface area contributed by atoms with Gasteiger partial charge in [-0.25, -0.2) is 9.78 Å². The molecule has 0 aliphatic carbocycles. The van der Waals surface area contributed by atoms with Crippen LogP contribution in [0.15, 0.2) is 43.0 Å². The number of amides is 3. The second kappa shape index (κ2) is 12.9. The molecule has 2 heterocycles. The Hall–Kier alpha value is -4.19.